The lowest BCUT2D eigenvalue weighted by Gasteiger charge is -2.22. The van der Waals surface area contributed by atoms with Crippen LogP contribution in [0.3, 0.4) is 0 Å². The summed E-state index contributed by atoms with van der Waals surface area (Å²) in [5.41, 5.74) is 0. The minimum absolute atomic E-state index is 0.183. The molecule has 28 heavy (non-hydrogen) atoms. The van der Waals surface area contributed by atoms with Gasteiger partial charge in [-0.05, 0) is 50.4 Å². The second kappa shape index (κ2) is 16.0. The Morgan fingerprint density at radius 3 is 2.11 bits per heavy atom. The lowest BCUT2D eigenvalue weighted by atomic mass is 9.86. The summed E-state index contributed by atoms with van der Waals surface area (Å²) in [6.07, 6.45) is 20.3. The Morgan fingerprint density at radius 2 is 1.43 bits per heavy atom. The predicted octanol–water partition coefficient (Wildman–Crippen LogP) is 5.86. The molecule has 0 heterocycles. The van der Waals surface area contributed by atoms with Gasteiger partial charge in [-0.3, -0.25) is 4.79 Å². The van der Waals surface area contributed by atoms with Crippen molar-refractivity contribution in [3.05, 3.63) is 12.2 Å². The lowest BCUT2D eigenvalue weighted by molar-refractivity contribution is -0.137. The van der Waals surface area contributed by atoms with Crippen LogP contribution in [0.25, 0.3) is 0 Å². The molecule has 1 fully saturated rings. The number of aliphatic carboxylic acids is 1. The number of aliphatic hydroxyl groups is 2. The van der Waals surface area contributed by atoms with E-state index < -0.39 is 5.97 Å². The fourth-order valence-corrected chi connectivity index (χ4v) is 4.51. The summed E-state index contributed by atoms with van der Waals surface area (Å²) in [4.78, 5) is 10.5. The predicted molar refractivity (Wildman–Crippen MR) is 115 cm³/mol. The van der Waals surface area contributed by atoms with Crippen molar-refractivity contribution in [1.29, 1.82) is 0 Å². The highest BCUT2D eigenvalue weighted by Gasteiger charge is 2.40. The van der Waals surface area contributed by atoms with Gasteiger partial charge < -0.3 is 15.3 Å². The molecule has 1 aliphatic rings. The summed E-state index contributed by atoms with van der Waals surface area (Å²) in [5, 5.41) is 29.3. The number of rotatable bonds is 17. The first-order valence-corrected chi connectivity index (χ1v) is 11.8. The SMILES string of the molecule is CCCCCCCCCC[C@@H]1[C@@H](C/C=C\CCCCCC(=O)O)[C@@H](O)C[C@H]1O. The van der Waals surface area contributed by atoms with Crippen LogP contribution in [0.2, 0.25) is 0 Å². The molecule has 4 atom stereocenters. The largest absolute Gasteiger partial charge is 0.481 e. The molecule has 3 N–H and O–H groups in total. The van der Waals surface area contributed by atoms with E-state index in [2.05, 4.69) is 19.1 Å². The van der Waals surface area contributed by atoms with Crippen molar-refractivity contribution in [2.45, 2.75) is 122 Å². The molecular formula is C24H44O4. The van der Waals surface area contributed by atoms with E-state index >= 15 is 0 Å². The van der Waals surface area contributed by atoms with E-state index in [4.69, 9.17) is 5.11 Å². The highest BCUT2D eigenvalue weighted by molar-refractivity contribution is 5.66. The molecule has 0 aliphatic heterocycles. The van der Waals surface area contributed by atoms with Crippen LogP contribution in [0.5, 0.6) is 0 Å². The summed E-state index contributed by atoms with van der Waals surface area (Å²) in [7, 11) is 0. The molecule has 0 spiro atoms. The first-order valence-electron chi connectivity index (χ1n) is 11.8. The lowest BCUT2D eigenvalue weighted by Crippen LogP contribution is -2.21. The monoisotopic (exact) mass is 396 g/mol. The minimum atomic E-state index is -0.716. The van der Waals surface area contributed by atoms with Crippen LogP contribution >= 0.6 is 0 Å². The number of carbonyl (C=O) groups is 1. The van der Waals surface area contributed by atoms with E-state index in [1.165, 1.54) is 44.9 Å². The van der Waals surface area contributed by atoms with Gasteiger partial charge in [0.1, 0.15) is 0 Å². The molecule has 0 unspecified atom stereocenters. The molecule has 1 rings (SSSR count). The summed E-state index contributed by atoms with van der Waals surface area (Å²) in [6, 6.07) is 0. The number of carboxylic acids is 1. The molecule has 0 amide bonds. The van der Waals surface area contributed by atoms with Crippen molar-refractivity contribution in [2.75, 3.05) is 0 Å². The van der Waals surface area contributed by atoms with Crippen molar-refractivity contribution in [2.24, 2.45) is 11.8 Å². The topological polar surface area (TPSA) is 77.8 Å². The van der Waals surface area contributed by atoms with Crippen molar-refractivity contribution in [3.63, 3.8) is 0 Å². The minimum Gasteiger partial charge on any atom is -0.481 e. The molecule has 0 aromatic heterocycles. The molecule has 164 valence electrons. The van der Waals surface area contributed by atoms with Crippen LogP contribution in [-0.2, 0) is 4.79 Å². The Bertz CT molecular complexity index is 421. The molecule has 1 saturated carbocycles. The van der Waals surface area contributed by atoms with E-state index in [0.29, 0.717) is 6.42 Å². The van der Waals surface area contributed by atoms with Gasteiger partial charge in [-0.25, -0.2) is 0 Å². The van der Waals surface area contributed by atoms with Crippen LogP contribution in [0.1, 0.15) is 110 Å². The number of unbranched alkanes of at least 4 members (excludes halogenated alkanes) is 10. The molecule has 0 bridgehead atoms. The maximum Gasteiger partial charge on any atom is 0.303 e. The summed E-state index contributed by atoms with van der Waals surface area (Å²) >= 11 is 0. The molecule has 0 aromatic rings. The Labute approximate surface area is 172 Å². The van der Waals surface area contributed by atoms with Crippen molar-refractivity contribution >= 4 is 5.97 Å². The zero-order valence-corrected chi connectivity index (χ0v) is 18.0. The van der Waals surface area contributed by atoms with Crippen molar-refractivity contribution in [1.82, 2.24) is 0 Å². The van der Waals surface area contributed by atoms with Gasteiger partial charge in [0.2, 0.25) is 0 Å². The second-order valence-electron chi connectivity index (χ2n) is 8.66. The quantitative estimate of drug-likeness (QED) is 0.213. The maximum absolute atomic E-state index is 10.5. The smallest absolute Gasteiger partial charge is 0.303 e. The van der Waals surface area contributed by atoms with Gasteiger partial charge in [0.25, 0.3) is 0 Å². The Balaban J connectivity index is 2.18. The summed E-state index contributed by atoms with van der Waals surface area (Å²) in [5.74, 6) is -0.301. The molecular weight excluding hydrogens is 352 g/mol. The van der Waals surface area contributed by atoms with Gasteiger partial charge in [-0.1, -0.05) is 76.9 Å². The van der Waals surface area contributed by atoms with E-state index in [0.717, 1.165) is 44.9 Å². The molecule has 0 radical (unpaired) electrons. The van der Waals surface area contributed by atoms with Crippen LogP contribution in [0, 0.1) is 11.8 Å². The number of allylic oxidation sites excluding steroid dienone is 2. The maximum atomic E-state index is 10.5. The fraction of sp³-hybridized carbons (Fsp3) is 0.875. The van der Waals surface area contributed by atoms with E-state index in [-0.39, 0.29) is 30.5 Å². The Kier molecular flexibility index (Phi) is 14.4. The molecule has 4 heteroatoms. The number of aliphatic hydroxyl groups excluding tert-OH is 2. The highest BCUT2D eigenvalue weighted by atomic mass is 16.4. The average Bonchev–Trinajstić information content (AvgIpc) is 2.92. The fourth-order valence-electron chi connectivity index (χ4n) is 4.51. The Morgan fingerprint density at radius 1 is 0.821 bits per heavy atom. The van der Waals surface area contributed by atoms with Gasteiger partial charge in [0, 0.05) is 6.42 Å². The van der Waals surface area contributed by atoms with E-state index in [1.807, 2.05) is 0 Å². The number of hydrogen-bond donors (Lipinski definition) is 3. The van der Waals surface area contributed by atoms with Crippen molar-refractivity contribution < 1.29 is 20.1 Å². The number of carboxylic acid groups (broad SMARTS) is 1. The molecule has 0 aromatic carbocycles. The van der Waals surface area contributed by atoms with Gasteiger partial charge in [0.05, 0.1) is 12.2 Å². The summed E-state index contributed by atoms with van der Waals surface area (Å²) in [6.45, 7) is 2.25. The van der Waals surface area contributed by atoms with Gasteiger partial charge in [0.15, 0.2) is 0 Å². The van der Waals surface area contributed by atoms with Gasteiger partial charge in [-0.2, -0.15) is 0 Å². The molecule has 0 saturated heterocycles. The highest BCUT2D eigenvalue weighted by Crippen LogP contribution is 2.38. The first kappa shape index (κ1) is 25.2. The standard InChI is InChI=1S/C24H44O4/c1-2-3-4-5-6-7-10-13-16-20-21(23(26)19-22(20)25)17-14-11-8-9-12-15-18-24(27)28/h11,14,20-23,25-26H,2-10,12-13,15-19H2,1H3,(H,27,28)/b14-11-/t20-,21-,22-,23+/m1/s1. The van der Waals surface area contributed by atoms with Crippen LogP contribution in [-0.4, -0.2) is 33.5 Å². The molecule has 4 nitrogen and oxygen atoms in total. The Hall–Kier alpha value is -0.870. The van der Waals surface area contributed by atoms with E-state index in [1.54, 1.807) is 0 Å². The second-order valence-corrected chi connectivity index (χ2v) is 8.66. The van der Waals surface area contributed by atoms with Crippen molar-refractivity contribution in [3.8, 4) is 0 Å². The first-order chi connectivity index (χ1) is 13.6. The third-order valence-corrected chi connectivity index (χ3v) is 6.25. The summed E-state index contributed by atoms with van der Waals surface area (Å²) < 4.78 is 0. The van der Waals surface area contributed by atoms with Gasteiger partial charge >= 0.3 is 5.97 Å². The zero-order valence-electron chi connectivity index (χ0n) is 18.0. The third-order valence-electron chi connectivity index (χ3n) is 6.25. The molecule has 1 aliphatic carbocycles. The van der Waals surface area contributed by atoms with Gasteiger partial charge in [-0.15, -0.1) is 0 Å². The third kappa shape index (κ3) is 11.2. The zero-order chi connectivity index (χ0) is 20.6. The van der Waals surface area contributed by atoms with E-state index in [9.17, 15) is 15.0 Å². The van der Waals surface area contributed by atoms with Crippen LogP contribution in [0.15, 0.2) is 12.2 Å². The normalized spacial score (nSPS) is 25.0. The average molecular weight is 397 g/mol. The van der Waals surface area contributed by atoms with Crippen LogP contribution < -0.4 is 0 Å². The van der Waals surface area contributed by atoms with Crippen LogP contribution in [0.4, 0.5) is 0 Å². The number of hydrogen-bond acceptors (Lipinski definition) is 3.